The number of ether oxygens (including phenoxy) is 1. The monoisotopic (exact) mass is 241 g/mol. The van der Waals surface area contributed by atoms with Gasteiger partial charge < -0.3 is 4.74 Å². The van der Waals surface area contributed by atoms with Crippen LogP contribution in [0, 0.1) is 11.2 Å². The highest BCUT2D eigenvalue weighted by Gasteiger charge is 2.34. The van der Waals surface area contributed by atoms with Gasteiger partial charge in [0.25, 0.3) is 0 Å². The summed E-state index contributed by atoms with van der Waals surface area (Å²) in [5, 5.41) is 0. The zero-order valence-corrected chi connectivity index (χ0v) is 10.7. The van der Waals surface area contributed by atoms with Crippen LogP contribution in [0.5, 0.6) is 0 Å². The number of hydrogen-bond acceptors (Lipinski definition) is 4. The van der Waals surface area contributed by atoms with E-state index in [1.807, 2.05) is 20.8 Å². The van der Waals surface area contributed by atoms with Crippen molar-refractivity contribution in [2.24, 2.45) is 11.3 Å². The van der Waals surface area contributed by atoms with Gasteiger partial charge in [-0.15, -0.1) is 0 Å². The maximum absolute atomic E-state index is 13.7. The number of nitrogens with two attached hydrogens (primary N) is 1. The van der Waals surface area contributed by atoms with Gasteiger partial charge in [0.15, 0.2) is 0 Å². The highest BCUT2D eigenvalue weighted by Crippen LogP contribution is 2.32. The molecule has 1 rings (SSSR count). The van der Waals surface area contributed by atoms with Crippen LogP contribution in [0.2, 0.25) is 0 Å². The van der Waals surface area contributed by atoms with Crippen LogP contribution in [0.15, 0.2) is 18.5 Å². The molecular weight excluding hydrogens is 221 g/mol. The molecule has 2 unspecified atom stereocenters. The third kappa shape index (κ3) is 3.21. The summed E-state index contributed by atoms with van der Waals surface area (Å²) in [6.45, 7) is 6.06. The fourth-order valence-electron chi connectivity index (χ4n) is 1.97. The third-order valence-corrected chi connectivity index (χ3v) is 2.73. The Bertz CT molecular complexity index is 365. The predicted molar refractivity (Wildman–Crippen MR) is 64.5 cm³/mol. The molecule has 96 valence electrons. The topological polar surface area (TPSA) is 60.2 Å². The standard InChI is InChI=1S/C12H20FN3O/c1-12(2,3)11(17-4)10(16-14)8-5-6-15-7-9(8)13/h5-7,10-11,16H,14H2,1-4H3. The summed E-state index contributed by atoms with van der Waals surface area (Å²) in [4.78, 5) is 3.72. The van der Waals surface area contributed by atoms with Crippen LogP contribution >= 0.6 is 0 Å². The van der Waals surface area contributed by atoms with Gasteiger partial charge in [-0.2, -0.15) is 0 Å². The van der Waals surface area contributed by atoms with Crippen LogP contribution in [-0.2, 0) is 4.74 Å². The minimum absolute atomic E-state index is 0.165. The van der Waals surface area contributed by atoms with E-state index in [1.165, 1.54) is 12.4 Å². The van der Waals surface area contributed by atoms with Crippen molar-refractivity contribution in [2.45, 2.75) is 32.9 Å². The van der Waals surface area contributed by atoms with E-state index in [1.54, 1.807) is 13.2 Å². The predicted octanol–water partition coefficient (Wildman–Crippen LogP) is 1.79. The van der Waals surface area contributed by atoms with Gasteiger partial charge in [0.1, 0.15) is 5.82 Å². The number of halogens is 1. The molecule has 1 heterocycles. The lowest BCUT2D eigenvalue weighted by Crippen LogP contribution is -2.44. The Balaban J connectivity index is 3.10. The fraction of sp³-hybridized carbons (Fsp3) is 0.583. The number of nitrogens with zero attached hydrogens (tertiary/aromatic N) is 1. The Morgan fingerprint density at radius 2 is 2.12 bits per heavy atom. The Morgan fingerprint density at radius 1 is 1.47 bits per heavy atom. The van der Waals surface area contributed by atoms with Crippen molar-refractivity contribution in [3.63, 3.8) is 0 Å². The van der Waals surface area contributed by atoms with E-state index in [4.69, 9.17) is 10.6 Å². The van der Waals surface area contributed by atoms with Crippen LogP contribution in [0.25, 0.3) is 0 Å². The van der Waals surface area contributed by atoms with Crippen LogP contribution in [0.3, 0.4) is 0 Å². The SMILES string of the molecule is COC(C(NN)c1ccncc1F)C(C)(C)C. The lowest BCUT2D eigenvalue weighted by atomic mass is 9.82. The van der Waals surface area contributed by atoms with Crippen molar-refractivity contribution in [1.29, 1.82) is 0 Å². The molecule has 2 atom stereocenters. The van der Waals surface area contributed by atoms with Crippen LogP contribution in [-0.4, -0.2) is 18.2 Å². The molecule has 5 heteroatoms. The average molecular weight is 241 g/mol. The minimum atomic E-state index is -0.414. The summed E-state index contributed by atoms with van der Waals surface area (Å²) >= 11 is 0. The van der Waals surface area contributed by atoms with Crippen LogP contribution in [0.4, 0.5) is 4.39 Å². The van der Waals surface area contributed by atoms with E-state index in [9.17, 15) is 4.39 Å². The summed E-state index contributed by atoms with van der Waals surface area (Å²) in [5.41, 5.74) is 2.92. The molecule has 3 N–H and O–H groups in total. The lowest BCUT2D eigenvalue weighted by molar-refractivity contribution is -0.0128. The largest absolute Gasteiger partial charge is 0.379 e. The first kappa shape index (κ1) is 14.0. The van der Waals surface area contributed by atoms with E-state index >= 15 is 0 Å². The van der Waals surface area contributed by atoms with E-state index in [0.29, 0.717) is 5.56 Å². The number of hydrazine groups is 1. The Labute approximate surface area is 101 Å². The van der Waals surface area contributed by atoms with E-state index < -0.39 is 6.04 Å². The van der Waals surface area contributed by atoms with Crippen LogP contribution < -0.4 is 11.3 Å². The summed E-state index contributed by atoms with van der Waals surface area (Å²) < 4.78 is 19.1. The molecule has 0 spiro atoms. The van der Waals surface area contributed by atoms with E-state index in [2.05, 4.69) is 10.4 Å². The molecule has 0 radical (unpaired) electrons. The normalized spacial score (nSPS) is 15.6. The summed E-state index contributed by atoms with van der Waals surface area (Å²) in [6.07, 6.45) is 2.47. The van der Waals surface area contributed by atoms with Gasteiger partial charge in [-0.3, -0.25) is 16.3 Å². The Morgan fingerprint density at radius 3 is 2.53 bits per heavy atom. The Kier molecular flexibility index (Phi) is 4.56. The van der Waals surface area contributed by atoms with E-state index in [0.717, 1.165) is 0 Å². The summed E-state index contributed by atoms with van der Waals surface area (Å²) in [5.74, 6) is 5.14. The molecule has 0 bridgehead atoms. The van der Waals surface area contributed by atoms with Gasteiger partial charge in [0, 0.05) is 18.9 Å². The second kappa shape index (κ2) is 5.53. The smallest absolute Gasteiger partial charge is 0.146 e. The highest BCUT2D eigenvalue weighted by molar-refractivity contribution is 5.19. The number of aromatic nitrogens is 1. The van der Waals surface area contributed by atoms with Crippen LogP contribution in [0.1, 0.15) is 32.4 Å². The molecule has 0 saturated heterocycles. The molecule has 0 fully saturated rings. The molecule has 0 saturated carbocycles. The molecule has 0 amide bonds. The maximum atomic E-state index is 13.7. The fourth-order valence-corrected chi connectivity index (χ4v) is 1.97. The average Bonchev–Trinajstić information content (AvgIpc) is 2.25. The van der Waals surface area contributed by atoms with Crippen molar-refractivity contribution in [3.8, 4) is 0 Å². The quantitative estimate of drug-likeness (QED) is 0.623. The second-order valence-corrected chi connectivity index (χ2v) is 5.06. The van der Waals surface area contributed by atoms with Crippen molar-refractivity contribution >= 4 is 0 Å². The van der Waals surface area contributed by atoms with Gasteiger partial charge in [0.2, 0.25) is 0 Å². The van der Waals surface area contributed by atoms with Crippen molar-refractivity contribution in [3.05, 3.63) is 29.8 Å². The number of pyridine rings is 1. The zero-order chi connectivity index (χ0) is 13.1. The Hall–Kier alpha value is -1.04. The summed E-state index contributed by atoms with van der Waals surface area (Å²) in [6, 6.07) is 1.19. The zero-order valence-electron chi connectivity index (χ0n) is 10.7. The maximum Gasteiger partial charge on any atom is 0.146 e. The molecule has 0 aliphatic carbocycles. The first-order valence-electron chi connectivity index (χ1n) is 5.50. The minimum Gasteiger partial charge on any atom is -0.379 e. The lowest BCUT2D eigenvalue weighted by Gasteiger charge is -2.35. The van der Waals surface area contributed by atoms with Crippen molar-refractivity contribution in [1.82, 2.24) is 10.4 Å². The molecule has 0 aliphatic heterocycles. The van der Waals surface area contributed by atoms with Crippen molar-refractivity contribution < 1.29 is 9.13 Å². The van der Waals surface area contributed by atoms with Gasteiger partial charge in [-0.05, 0) is 11.5 Å². The van der Waals surface area contributed by atoms with Gasteiger partial charge in [-0.25, -0.2) is 4.39 Å². The van der Waals surface area contributed by atoms with Crippen molar-refractivity contribution in [2.75, 3.05) is 7.11 Å². The molecular formula is C12H20FN3O. The first-order chi connectivity index (χ1) is 7.91. The molecule has 17 heavy (non-hydrogen) atoms. The number of hydrogen-bond donors (Lipinski definition) is 2. The first-order valence-corrected chi connectivity index (χ1v) is 5.50. The molecule has 4 nitrogen and oxygen atoms in total. The van der Waals surface area contributed by atoms with E-state index in [-0.39, 0.29) is 17.3 Å². The molecule has 1 aromatic rings. The number of rotatable bonds is 4. The number of methoxy groups -OCH3 is 1. The summed E-state index contributed by atoms with van der Waals surface area (Å²) in [7, 11) is 1.60. The molecule has 0 aromatic carbocycles. The second-order valence-electron chi connectivity index (χ2n) is 5.06. The van der Waals surface area contributed by atoms with Gasteiger partial charge in [0.05, 0.1) is 18.3 Å². The third-order valence-electron chi connectivity index (χ3n) is 2.73. The number of nitrogens with one attached hydrogen (secondary N) is 1. The molecule has 0 aliphatic rings. The molecule has 1 aromatic heterocycles. The van der Waals surface area contributed by atoms with Gasteiger partial charge in [-0.1, -0.05) is 20.8 Å². The van der Waals surface area contributed by atoms with Gasteiger partial charge >= 0.3 is 0 Å². The highest BCUT2D eigenvalue weighted by atomic mass is 19.1.